The van der Waals surface area contributed by atoms with Crippen LogP contribution in [0, 0.1) is 0 Å². The van der Waals surface area contributed by atoms with E-state index in [0.29, 0.717) is 15.6 Å². The Hall–Kier alpha value is -1.22. The Bertz CT molecular complexity index is 819. The van der Waals surface area contributed by atoms with Crippen molar-refractivity contribution in [1.29, 1.82) is 0 Å². The molecule has 0 saturated carbocycles. The van der Waals surface area contributed by atoms with Gasteiger partial charge in [0, 0.05) is 21.2 Å². The van der Waals surface area contributed by atoms with E-state index in [-0.39, 0.29) is 13.2 Å². The maximum Gasteiger partial charge on any atom is 0.185 e. The largest absolute Gasteiger partial charge is 0.394 e. The highest BCUT2D eigenvalue weighted by atomic mass is 35.5. The smallest absolute Gasteiger partial charge is 0.185 e. The van der Waals surface area contributed by atoms with Gasteiger partial charge >= 0.3 is 0 Å². The molecule has 6 atom stereocenters. The number of aliphatic hydroxyl groups is 2. The van der Waals surface area contributed by atoms with Crippen LogP contribution in [0.1, 0.15) is 23.7 Å². The third kappa shape index (κ3) is 4.20. The maximum absolute atomic E-state index is 10.8. The number of rotatable bonds is 5. The van der Waals surface area contributed by atoms with Crippen LogP contribution in [0.5, 0.6) is 0 Å². The van der Waals surface area contributed by atoms with Gasteiger partial charge in [-0.25, -0.2) is 0 Å². The van der Waals surface area contributed by atoms with E-state index in [1.807, 2.05) is 12.1 Å². The van der Waals surface area contributed by atoms with E-state index in [9.17, 15) is 10.2 Å². The normalized spacial score (nSPS) is 31.2. The van der Waals surface area contributed by atoms with E-state index in [1.165, 1.54) is 0 Å². The summed E-state index contributed by atoms with van der Waals surface area (Å²) in [7, 11) is 0. The van der Waals surface area contributed by atoms with Crippen molar-refractivity contribution in [3.8, 4) is 0 Å². The fourth-order valence-electron chi connectivity index (χ4n) is 3.39. The molecule has 2 unspecified atom stereocenters. The van der Waals surface area contributed by atoms with Gasteiger partial charge < -0.3 is 29.2 Å². The Labute approximate surface area is 172 Å². The van der Waals surface area contributed by atoms with Gasteiger partial charge in [0.1, 0.15) is 24.4 Å². The predicted molar refractivity (Wildman–Crippen MR) is 102 cm³/mol. The van der Waals surface area contributed by atoms with E-state index in [2.05, 4.69) is 0 Å². The second-order valence-electron chi connectivity index (χ2n) is 6.73. The van der Waals surface area contributed by atoms with Gasteiger partial charge in [-0.05, 0) is 24.3 Å². The first-order valence-electron chi connectivity index (χ1n) is 8.93. The molecule has 8 heteroatoms. The molecule has 0 spiro atoms. The van der Waals surface area contributed by atoms with Crippen LogP contribution in [-0.4, -0.2) is 47.8 Å². The van der Waals surface area contributed by atoms with E-state index in [0.717, 1.165) is 5.56 Å². The monoisotopic (exact) mass is 426 g/mol. The van der Waals surface area contributed by atoms with Crippen molar-refractivity contribution in [2.24, 2.45) is 0 Å². The molecule has 2 heterocycles. The Morgan fingerprint density at radius 2 is 1.57 bits per heavy atom. The average Bonchev–Trinajstić information content (AvgIpc) is 3.35. The molecular weight excluding hydrogens is 407 g/mol. The lowest BCUT2D eigenvalue weighted by Crippen LogP contribution is -2.45. The van der Waals surface area contributed by atoms with Gasteiger partial charge in [-0.15, -0.1) is 0 Å². The van der Waals surface area contributed by atoms with Crippen LogP contribution in [0.25, 0.3) is 0 Å². The summed E-state index contributed by atoms with van der Waals surface area (Å²) in [4.78, 5) is 0. The molecule has 0 amide bonds. The number of aliphatic hydroxyl groups excluding tert-OH is 2. The molecule has 2 aliphatic rings. The highest BCUT2D eigenvalue weighted by Crippen LogP contribution is 2.37. The van der Waals surface area contributed by atoms with Crippen LogP contribution < -0.4 is 0 Å². The summed E-state index contributed by atoms with van der Waals surface area (Å²) in [5.74, 6) is 0. The molecule has 0 aliphatic carbocycles. The second kappa shape index (κ2) is 8.65. The summed E-state index contributed by atoms with van der Waals surface area (Å²) in [5.41, 5.74) is 1.47. The first kappa shape index (κ1) is 20.1. The summed E-state index contributed by atoms with van der Waals surface area (Å²) in [6.07, 6.45) is -4.53. The zero-order valence-corrected chi connectivity index (χ0v) is 16.3. The van der Waals surface area contributed by atoms with Gasteiger partial charge in [0.15, 0.2) is 12.6 Å². The standard InChI is InChI=1S/C20H20Cl2O6/c21-13-5-1-3-11(7-13)19-25-10-16(27-19)17(24)18-15(9-23)26-20(28-18)12-4-2-6-14(22)8-12/h1-8,15-20,23-24H,9-10H2/t15-,16+,17-,18-,19?,20?/m1/s1. The first-order valence-corrected chi connectivity index (χ1v) is 9.68. The minimum Gasteiger partial charge on any atom is -0.394 e. The lowest BCUT2D eigenvalue weighted by Gasteiger charge is -2.24. The summed E-state index contributed by atoms with van der Waals surface area (Å²) < 4.78 is 23.2. The van der Waals surface area contributed by atoms with Crippen molar-refractivity contribution in [3.05, 3.63) is 69.7 Å². The average molecular weight is 427 g/mol. The van der Waals surface area contributed by atoms with Crippen LogP contribution in [0.4, 0.5) is 0 Å². The van der Waals surface area contributed by atoms with Crippen molar-refractivity contribution in [2.75, 3.05) is 13.2 Å². The minimum atomic E-state index is -1.05. The fraction of sp³-hybridized carbons (Fsp3) is 0.400. The van der Waals surface area contributed by atoms with Gasteiger partial charge in [-0.1, -0.05) is 47.5 Å². The van der Waals surface area contributed by atoms with Crippen LogP contribution in [0.3, 0.4) is 0 Å². The van der Waals surface area contributed by atoms with Crippen LogP contribution >= 0.6 is 23.2 Å². The van der Waals surface area contributed by atoms with Crippen LogP contribution in [0.2, 0.25) is 10.0 Å². The third-order valence-corrected chi connectivity index (χ3v) is 5.27. The maximum atomic E-state index is 10.8. The Kier molecular flexibility index (Phi) is 6.20. The fourth-order valence-corrected chi connectivity index (χ4v) is 3.79. The second-order valence-corrected chi connectivity index (χ2v) is 7.60. The van der Waals surface area contributed by atoms with E-state index in [1.54, 1.807) is 36.4 Å². The lowest BCUT2D eigenvalue weighted by molar-refractivity contribution is -0.125. The van der Waals surface area contributed by atoms with Crippen molar-refractivity contribution >= 4 is 23.2 Å². The van der Waals surface area contributed by atoms with Gasteiger partial charge in [0.05, 0.1) is 13.2 Å². The number of halogens is 2. The topological polar surface area (TPSA) is 77.4 Å². The molecule has 2 saturated heterocycles. The SMILES string of the molecule is OC[C@H]1OC(c2cccc(Cl)c2)O[C@H]1[C@H](O)[C@@H]1COC(c2cccc(Cl)c2)O1. The number of hydrogen-bond acceptors (Lipinski definition) is 6. The molecule has 28 heavy (non-hydrogen) atoms. The molecule has 2 aromatic rings. The lowest BCUT2D eigenvalue weighted by atomic mass is 10.0. The molecule has 0 aromatic heterocycles. The predicted octanol–water partition coefficient (Wildman–Crippen LogP) is 3.24. The quantitative estimate of drug-likeness (QED) is 0.763. The third-order valence-electron chi connectivity index (χ3n) is 4.79. The van der Waals surface area contributed by atoms with E-state index < -0.39 is 37.0 Å². The Morgan fingerprint density at radius 3 is 2.18 bits per heavy atom. The van der Waals surface area contributed by atoms with Crippen LogP contribution in [0.15, 0.2) is 48.5 Å². The van der Waals surface area contributed by atoms with Crippen molar-refractivity contribution in [2.45, 2.75) is 37.0 Å². The number of benzene rings is 2. The molecule has 150 valence electrons. The highest BCUT2D eigenvalue weighted by Gasteiger charge is 2.46. The van der Waals surface area contributed by atoms with Gasteiger partial charge in [0.25, 0.3) is 0 Å². The molecule has 6 nitrogen and oxygen atoms in total. The Morgan fingerprint density at radius 1 is 0.929 bits per heavy atom. The Balaban J connectivity index is 1.44. The molecule has 2 N–H and O–H groups in total. The summed E-state index contributed by atoms with van der Waals surface area (Å²) >= 11 is 12.0. The summed E-state index contributed by atoms with van der Waals surface area (Å²) in [6, 6.07) is 14.2. The van der Waals surface area contributed by atoms with Crippen molar-refractivity contribution in [3.63, 3.8) is 0 Å². The first-order chi connectivity index (χ1) is 13.5. The van der Waals surface area contributed by atoms with Crippen molar-refractivity contribution < 1.29 is 29.2 Å². The minimum absolute atomic E-state index is 0.179. The molecule has 0 radical (unpaired) electrons. The van der Waals surface area contributed by atoms with Gasteiger partial charge in [0.2, 0.25) is 0 Å². The zero-order chi connectivity index (χ0) is 19.7. The molecule has 2 fully saturated rings. The van der Waals surface area contributed by atoms with E-state index >= 15 is 0 Å². The zero-order valence-electron chi connectivity index (χ0n) is 14.8. The van der Waals surface area contributed by atoms with Gasteiger partial charge in [-0.2, -0.15) is 0 Å². The van der Waals surface area contributed by atoms with Crippen molar-refractivity contribution in [1.82, 2.24) is 0 Å². The molecule has 4 rings (SSSR count). The highest BCUT2D eigenvalue weighted by molar-refractivity contribution is 6.30. The molecular formula is C20H20Cl2O6. The summed E-state index contributed by atoms with van der Waals surface area (Å²) in [5, 5.41) is 21.6. The molecule has 0 bridgehead atoms. The molecule has 2 aliphatic heterocycles. The van der Waals surface area contributed by atoms with Gasteiger partial charge in [-0.3, -0.25) is 0 Å². The van der Waals surface area contributed by atoms with Crippen LogP contribution in [-0.2, 0) is 18.9 Å². The number of hydrogen-bond donors (Lipinski definition) is 2. The summed E-state index contributed by atoms with van der Waals surface area (Å²) in [6.45, 7) is -0.123. The molecule has 2 aromatic carbocycles. The van der Waals surface area contributed by atoms with E-state index in [4.69, 9.17) is 42.1 Å². The number of ether oxygens (including phenoxy) is 4.